The number of amidine groups is 1. The Morgan fingerprint density at radius 3 is 2.79 bits per heavy atom. The predicted octanol–water partition coefficient (Wildman–Crippen LogP) is 2.73. The molecular weight excluding hydrogens is 332 g/mol. The van der Waals surface area contributed by atoms with E-state index in [9.17, 15) is 17.6 Å². The number of benzene rings is 1. The SMILES string of the molecule is NC1=N[C@@](c2cc(Br)ccc2F)(C(F)F)[C@H](F)CO1. The summed E-state index contributed by atoms with van der Waals surface area (Å²) in [5.74, 6) is -0.982. The number of nitrogens with zero attached hydrogens (tertiary/aromatic N) is 1. The van der Waals surface area contributed by atoms with Crippen LogP contribution >= 0.6 is 15.9 Å². The molecule has 0 saturated heterocycles. The molecule has 3 nitrogen and oxygen atoms in total. The van der Waals surface area contributed by atoms with E-state index in [0.717, 1.165) is 12.1 Å². The van der Waals surface area contributed by atoms with Crippen LogP contribution in [-0.2, 0) is 10.3 Å². The Labute approximate surface area is 114 Å². The summed E-state index contributed by atoms with van der Waals surface area (Å²) >= 11 is 3.03. The van der Waals surface area contributed by atoms with Crippen molar-refractivity contribution in [2.75, 3.05) is 6.61 Å². The molecule has 1 heterocycles. The molecule has 0 fully saturated rings. The standard InChI is InChI=1S/C11H9BrF4N2O/c12-5-1-2-7(13)6(3-5)11(9(15)16)8(14)4-19-10(17)18-11/h1-3,8-9H,4H2,(H2,17,18)/t8-,11-/m1/s1. The molecule has 2 rings (SSSR count). The molecule has 0 aliphatic carbocycles. The first kappa shape index (κ1) is 14.1. The summed E-state index contributed by atoms with van der Waals surface area (Å²) < 4.78 is 59.4. The van der Waals surface area contributed by atoms with Gasteiger partial charge in [0.2, 0.25) is 0 Å². The van der Waals surface area contributed by atoms with Gasteiger partial charge in [0.15, 0.2) is 11.7 Å². The Morgan fingerprint density at radius 1 is 1.47 bits per heavy atom. The number of aliphatic imine (C=N–C) groups is 1. The monoisotopic (exact) mass is 340 g/mol. The van der Waals surface area contributed by atoms with Gasteiger partial charge in [-0.1, -0.05) is 15.9 Å². The molecule has 0 amide bonds. The van der Waals surface area contributed by atoms with E-state index in [1.807, 2.05) is 0 Å². The molecule has 0 radical (unpaired) electrons. The molecule has 2 atom stereocenters. The van der Waals surface area contributed by atoms with E-state index in [4.69, 9.17) is 5.73 Å². The second-order valence-corrected chi connectivity index (χ2v) is 4.89. The maximum absolute atomic E-state index is 14.0. The first-order chi connectivity index (χ1) is 8.87. The summed E-state index contributed by atoms with van der Waals surface area (Å²) in [4.78, 5) is 3.35. The van der Waals surface area contributed by atoms with Crippen molar-refractivity contribution in [1.29, 1.82) is 0 Å². The fraction of sp³-hybridized carbons (Fsp3) is 0.364. The van der Waals surface area contributed by atoms with Gasteiger partial charge in [0, 0.05) is 10.0 Å². The minimum absolute atomic E-state index is 0.330. The third-order valence-corrected chi connectivity index (χ3v) is 3.34. The summed E-state index contributed by atoms with van der Waals surface area (Å²) in [7, 11) is 0. The lowest BCUT2D eigenvalue weighted by atomic mass is 9.85. The lowest BCUT2D eigenvalue weighted by Gasteiger charge is -2.35. The van der Waals surface area contributed by atoms with Gasteiger partial charge in [-0.2, -0.15) is 0 Å². The molecule has 1 aliphatic heterocycles. The van der Waals surface area contributed by atoms with E-state index < -0.39 is 42.1 Å². The lowest BCUT2D eigenvalue weighted by Crippen LogP contribution is -2.50. The molecular formula is C11H9BrF4N2O. The van der Waals surface area contributed by atoms with E-state index in [0.29, 0.717) is 4.47 Å². The molecule has 0 unspecified atom stereocenters. The van der Waals surface area contributed by atoms with E-state index in [1.165, 1.54) is 6.07 Å². The number of hydrogen-bond acceptors (Lipinski definition) is 3. The first-order valence-corrected chi connectivity index (χ1v) is 6.03. The van der Waals surface area contributed by atoms with Gasteiger partial charge in [-0.3, -0.25) is 0 Å². The Hall–Kier alpha value is -1.31. The number of ether oxygens (including phenoxy) is 1. The summed E-state index contributed by atoms with van der Waals surface area (Å²) in [6.07, 6.45) is -5.47. The topological polar surface area (TPSA) is 47.6 Å². The summed E-state index contributed by atoms with van der Waals surface area (Å²) in [5, 5.41) is 0. The van der Waals surface area contributed by atoms with Crippen molar-refractivity contribution >= 4 is 22.0 Å². The first-order valence-electron chi connectivity index (χ1n) is 5.23. The average molecular weight is 341 g/mol. The van der Waals surface area contributed by atoms with Crippen molar-refractivity contribution in [3.63, 3.8) is 0 Å². The zero-order chi connectivity index (χ0) is 14.2. The highest BCUT2D eigenvalue weighted by Crippen LogP contribution is 2.42. The second-order valence-electron chi connectivity index (χ2n) is 3.98. The van der Waals surface area contributed by atoms with Crippen molar-refractivity contribution in [2.24, 2.45) is 10.7 Å². The zero-order valence-electron chi connectivity index (χ0n) is 9.42. The van der Waals surface area contributed by atoms with Crippen molar-refractivity contribution < 1.29 is 22.3 Å². The zero-order valence-corrected chi connectivity index (χ0v) is 11.0. The normalized spacial score (nSPS) is 27.1. The van der Waals surface area contributed by atoms with Crippen LogP contribution in [0.3, 0.4) is 0 Å². The number of rotatable bonds is 2. The van der Waals surface area contributed by atoms with Gasteiger partial charge >= 0.3 is 0 Å². The predicted molar refractivity (Wildman–Crippen MR) is 64.3 cm³/mol. The van der Waals surface area contributed by atoms with Crippen molar-refractivity contribution in [3.8, 4) is 0 Å². The third-order valence-electron chi connectivity index (χ3n) is 2.84. The Morgan fingerprint density at radius 2 is 2.16 bits per heavy atom. The van der Waals surface area contributed by atoms with E-state index >= 15 is 0 Å². The second kappa shape index (κ2) is 4.99. The van der Waals surface area contributed by atoms with Gasteiger partial charge in [0.05, 0.1) is 0 Å². The van der Waals surface area contributed by atoms with Gasteiger partial charge < -0.3 is 10.5 Å². The number of nitrogens with two attached hydrogens (primary N) is 1. The molecule has 1 aromatic rings. The minimum Gasteiger partial charge on any atom is -0.462 e. The highest BCUT2D eigenvalue weighted by molar-refractivity contribution is 9.10. The van der Waals surface area contributed by atoms with Crippen molar-refractivity contribution in [1.82, 2.24) is 0 Å². The van der Waals surface area contributed by atoms with Crippen LogP contribution in [0.15, 0.2) is 27.7 Å². The maximum Gasteiger partial charge on any atom is 0.283 e. The third kappa shape index (κ3) is 2.29. The van der Waals surface area contributed by atoms with Crippen LogP contribution in [0, 0.1) is 5.82 Å². The quantitative estimate of drug-likeness (QED) is 0.841. The number of halogens is 5. The highest BCUT2D eigenvalue weighted by atomic mass is 79.9. The lowest BCUT2D eigenvalue weighted by molar-refractivity contribution is -0.0302. The van der Waals surface area contributed by atoms with Gasteiger partial charge in [0.25, 0.3) is 12.4 Å². The van der Waals surface area contributed by atoms with Crippen LogP contribution in [0.2, 0.25) is 0 Å². The molecule has 0 aromatic heterocycles. The Balaban J connectivity index is 2.69. The van der Waals surface area contributed by atoms with Crippen LogP contribution in [0.1, 0.15) is 5.56 Å². The Kier molecular flexibility index (Phi) is 3.71. The number of alkyl halides is 3. The number of hydrogen-bond donors (Lipinski definition) is 1. The molecule has 8 heteroatoms. The molecule has 0 bridgehead atoms. The van der Waals surface area contributed by atoms with Crippen LogP contribution in [-0.4, -0.2) is 25.2 Å². The fourth-order valence-electron chi connectivity index (χ4n) is 1.91. The fourth-order valence-corrected chi connectivity index (χ4v) is 2.27. The van der Waals surface area contributed by atoms with Crippen molar-refractivity contribution in [2.45, 2.75) is 18.1 Å². The molecule has 0 spiro atoms. The van der Waals surface area contributed by atoms with Crippen LogP contribution in [0.4, 0.5) is 17.6 Å². The van der Waals surface area contributed by atoms with Crippen LogP contribution in [0.25, 0.3) is 0 Å². The van der Waals surface area contributed by atoms with Gasteiger partial charge in [-0.25, -0.2) is 22.6 Å². The molecule has 0 saturated carbocycles. The molecule has 2 N–H and O–H groups in total. The maximum atomic E-state index is 14.0. The van der Waals surface area contributed by atoms with E-state index in [2.05, 4.69) is 25.7 Å². The molecule has 19 heavy (non-hydrogen) atoms. The molecule has 104 valence electrons. The highest BCUT2D eigenvalue weighted by Gasteiger charge is 2.54. The van der Waals surface area contributed by atoms with Crippen LogP contribution < -0.4 is 5.73 Å². The van der Waals surface area contributed by atoms with Crippen LogP contribution in [0.5, 0.6) is 0 Å². The van der Waals surface area contributed by atoms with Gasteiger partial charge in [0.1, 0.15) is 12.4 Å². The van der Waals surface area contributed by atoms with Crippen molar-refractivity contribution in [3.05, 3.63) is 34.1 Å². The minimum atomic E-state index is -3.27. The summed E-state index contributed by atoms with van der Waals surface area (Å²) in [6, 6.07) is 2.75. The molecule has 1 aliphatic rings. The van der Waals surface area contributed by atoms with E-state index in [-0.39, 0.29) is 0 Å². The average Bonchev–Trinajstić information content (AvgIpc) is 2.35. The van der Waals surface area contributed by atoms with Gasteiger partial charge in [-0.15, -0.1) is 0 Å². The Bertz CT molecular complexity index is 525. The summed E-state index contributed by atoms with van der Waals surface area (Å²) in [5.41, 5.74) is 1.99. The largest absolute Gasteiger partial charge is 0.462 e. The smallest absolute Gasteiger partial charge is 0.283 e. The molecule has 1 aromatic carbocycles. The van der Waals surface area contributed by atoms with Gasteiger partial charge in [-0.05, 0) is 18.2 Å². The summed E-state index contributed by atoms with van der Waals surface area (Å²) in [6.45, 7) is -0.703. The van der Waals surface area contributed by atoms with E-state index in [1.54, 1.807) is 0 Å².